The number of benzene rings is 2. The van der Waals surface area contributed by atoms with E-state index in [1.807, 2.05) is 4.72 Å². The molecule has 0 atom stereocenters. The molecule has 0 fully saturated rings. The molecule has 0 aliphatic rings. The summed E-state index contributed by atoms with van der Waals surface area (Å²) < 4.78 is 39.3. The van der Waals surface area contributed by atoms with Gasteiger partial charge in [0.15, 0.2) is 0 Å². The first-order chi connectivity index (χ1) is 10.2. The lowest BCUT2D eigenvalue weighted by Crippen LogP contribution is -2.13. The van der Waals surface area contributed by atoms with Crippen LogP contribution in [0.3, 0.4) is 0 Å². The van der Waals surface area contributed by atoms with Crippen LogP contribution < -0.4 is 4.72 Å². The molecule has 22 heavy (non-hydrogen) atoms. The number of nitrogens with zero attached hydrogens (tertiary/aromatic N) is 1. The molecule has 0 unspecified atom stereocenters. The van der Waals surface area contributed by atoms with E-state index in [9.17, 15) is 28.0 Å². The monoisotopic (exact) mass is 346 g/mol. The largest absolute Gasteiger partial charge is 0.506 e. The van der Waals surface area contributed by atoms with Crippen LogP contribution in [0, 0.1) is 15.9 Å². The van der Waals surface area contributed by atoms with Gasteiger partial charge in [-0.2, -0.15) is 0 Å². The number of nitro benzene ring substituents is 1. The molecule has 0 aliphatic heterocycles. The number of anilines is 1. The molecule has 7 nitrogen and oxygen atoms in total. The Morgan fingerprint density at radius 3 is 2.50 bits per heavy atom. The van der Waals surface area contributed by atoms with Crippen LogP contribution in [0.25, 0.3) is 0 Å². The molecule has 0 aromatic heterocycles. The number of halogens is 2. The van der Waals surface area contributed by atoms with E-state index in [0.717, 1.165) is 36.4 Å². The fourth-order valence-electron chi connectivity index (χ4n) is 1.57. The average molecular weight is 347 g/mol. The second-order valence-electron chi connectivity index (χ2n) is 4.14. The van der Waals surface area contributed by atoms with Crippen molar-refractivity contribution in [1.82, 2.24) is 0 Å². The summed E-state index contributed by atoms with van der Waals surface area (Å²) in [5, 5.41) is 19.9. The second kappa shape index (κ2) is 5.78. The summed E-state index contributed by atoms with van der Waals surface area (Å²) in [5.41, 5.74) is -0.790. The standard InChI is InChI=1S/C12H8ClFN2O5S/c13-9-6-8(2-3-10(9)14)22(20,21)15-11-5-7(16(18)19)1-4-12(11)17/h1-6,15,17H. The van der Waals surface area contributed by atoms with Gasteiger partial charge in [0.25, 0.3) is 15.7 Å². The minimum atomic E-state index is -4.20. The third kappa shape index (κ3) is 3.26. The van der Waals surface area contributed by atoms with Crippen molar-refractivity contribution < 1.29 is 22.8 Å². The third-order valence-corrected chi connectivity index (χ3v) is 4.29. The molecule has 0 radical (unpaired) electrons. The quantitative estimate of drug-likeness (QED) is 0.502. The molecule has 0 aliphatic carbocycles. The molecule has 0 saturated carbocycles. The lowest BCUT2D eigenvalue weighted by molar-refractivity contribution is -0.384. The van der Waals surface area contributed by atoms with E-state index in [1.54, 1.807) is 0 Å². The van der Waals surface area contributed by atoms with Crippen LogP contribution in [0.5, 0.6) is 5.75 Å². The fourth-order valence-corrected chi connectivity index (χ4v) is 2.90. The van der Waals surface area contributed by atoms with Gasteiger partial charge in [-0.05, 0) is 24.3 Å². The zero-order valence-corrected chi connectivity index (χ0v) is 12.2. The van der Waals surface area contributed by atoms with Crippen LogP contribution in [-0.2, 0) is 10.0 Å². The van der Waals surface area contributed by atoms with E-state index in [4.69, 9.17) is 11.6 Å². The first-order valence-electron chi connectivity index (χ1n) is 5.66. The number of phenols is 1. The van der Waals surface area contributed by atoms with Gasteiger partial charge in [-0.1, -0.05) is 11.6 Å². The zero-order chi connectivity index (χ0) is 16.5. The molecule has 2 aromatic carbocycles. The summed E-state index contributed by atoms with van der Waals surface area (Å²) >= 11 is 5.52. The average Bonchev–Trinajstić information content (AvgIpc) is 2.43. The van der Waals surface area contributed by atoms with Crippen LogP contribution >= 0.6 is 11.6 Å². The fraction of sp³-hybridized carbons (Fsp3) is 0. The van der Waals surface area contributed by atoms with Gasteiger partial charge in [0.1, 0.15) is 11.6 Å². The lowest BCUT2D eigenvalue weighted by atomic mass is 10.2. The number of hydrogen-bond donors (Lipinski definition) is 2. The van der Waals surface area contributed by atoms with Gasteiger partial charge in [0, 0.05) is 12.1 Å². The summed E-state index contributed by atoms with van der Waals surface area (Å²) in [6, 6.07) is 5.57. The third-order valence-electron chi connectivity index (χ3n) is 2.64. The minimum absolute atomic E-state index is 0.357. The smallest absolute Gasteiger partial charge is 0.271 e. The van der Waals surface area contributed by atoms with Crippen molar-refractivity contribution in [3.05, 3.63) is 57.4 Å². The molecular formula is C12H8ClFN2O5S. The van der Waals surface area contributed by atoms with Gasteiger partial charge in [-0.15, -0.1) is 0 Å². The summed E-state index contributed by atoms with van der Waals surface area (Å²) in [6.07, 6.45) is 0. The Bertz CT molecular complexity index is 857. The topological polar surface area (TPSA) is 110 Å². The number of nitrogens with one attached hydrogen (secondary N) is 1. The predicted octanol–water partition coefficient (Wildman–Crippen LogP) is 2.89. The van der Waals surface area contributed by atoms with E-state index >= 15 is 0 Å². The Balaban J connectivity index is 2.42. The van der Waals surface area contributed by atoms with Crippen molar-refractivity contribution in [3.63, 3.8) is 0 Å². The molecule has 116 valence electrons. The number of phenolic OH excluding ortho intramolecular Hbond substituents is 1. The molecule has 10 heteroatoms. The van der Waals surface area contributed by atoms with E-state index in [-0.39, 0.29) is 10.6 Å². The van der Waals surface area contributed by atoms with Crippen LogP contribution in [0.4, 0.5) is 15.8 Å². The van der Waals surface area contributed by atoms with E-state index in [0.29, 0.717) is 0 Å². The van der Waals surface area contributed by atoms with Crippen molar-refractivity contribution in [1.29, 1.82) is 0 Å². The van der Waals surface area contributed by atoms with E-state index < -0.39 is 37.2 Å². The maximum absolute atomic E-state index is 13.1. The molecule has 0 heterocycles. The summed E-state index contributed by atoms with van der Waals surface area (Å²) in [7, 11) is -4.20. The number of rotatable bonds is 4. The van der Waals surface area contributed by atoms with Crippen LogP contribution in [0.15, 0.2) is 41.3 Å². The summed E-state index contributed by atoms with van der Waals surface area (Å²) in [6.45, 7) is 0. The lowest BCUT2D eigenvalue weighted by Gasteiger charge is -2.10. The maximum Gasteiger partial charge on any atom is 0.271 e. The molecule has 2 rings (SSSR count). The van der Waals surface area contributed by atoms with Crippen molar-refractivity contribution in [2.45, 2.75) is 4.90 Å². The van der Waals surface area contributed by atoms with Gasteiger partial charge in [-0.3, -0.25) is 14.8 Å². The Morgan fingerprint density at radius 2 is 1.91 bits per heavy atom. The van der Waals surface area contributed by atoms with Crippen LogP contribution in [-0.4, -0.2) is 18.4 Å². The molecule has 2 N–H and O–H groups in total. The summed E-state index contributed by atoms with van der Waals surface area (Å²) in [4.78, 5) is 9.57. The Morgan fingerprint density at radius 1 is 1.23 bits per heavy atom. The zero-order valence-electron chi connectivity index (χ0n) is 10.7. The molecule has 2 aromatic rings. The second-order valence-corrected chi connectivity index (χ2v) is 6.23. The highest BCUT2D eigenvalue weighted by molar-refractivity contribution is 7.92. The van der Waals surface area contributed by atoms with Crippen molar-refractivity contribution in [3.8, 4) is 5.75 Å². The number of hydrogen-bond acceptors (Lipinski definition) is 5. The molecule has 0 amide bonds. The van der Waals surface area contributed by atoms with Gasteiger partial charge < -0.3 is 5.11 Å². The Hall–Kier alpha value is -2.39. The number of non-ortho nitro benzene ring substituents is 1. The SMILES string of the molecule is O=[N+]([O-])c1ccc(O)c(NS(=O)(=O)c2ccc(F)c(Cl)c2)c1. The van der Waals surface area contributed by atoms with Crippen LogP contribution in [0.1, 0.15) is 0 Å². The predicted molar refractivity (Wildman–Crippen MR) is 77.0 cm³/mol. The Kier molecular flexibility index (Phi) is 4.20. The number of nitro groups is 1. The minimum Gasteiger partial charge on any atom is -0.506 e. The van der Waals surface area contributed by atoms with Crippen molar-refractivity contribution in [2.75, 3.05) is 4.72 Å². The number of aromatic hydroxyl groups is 1. The van der Waals surface area contributed by atoms with Crippen molar-refractivity contribution >= 4 is 33.0 Å². The highest BCUT2D eigenvalue weighted by Gasteiger charge is 2.19. The normalized spacial score (nSPS) is 11.2. The molecule has 0 bridgehead atoms. The van der Waals surface area contributed by atoms with Crippen molar-refractivity contribution in [2.24, 2.45) is 0 Å². The van der Waals surface area contributed by atoms with E-state index in [2.05, 4.69) is 0 Å². The highest BCUT2D eigenvalue weighted by atomic mass is 35.5. The van der Waals surface area contributed by atoms with Gasteiger partial charge in [0.05, 0.1) is 20.5 Å². The van der Waals surface area contributed by atoms with Gasteiger partial charge >= 0.3 is 0 Å². The maximum atomic E-state index is 13.1. The molecule has 0 spiro atoms. The molecule has 0 saturated heterocycles. The first kappa shape index (κ1) is 16.0. The number of sulfonamides is 1. The first-order valence-corrected chi connectivity index (χ1v) is 7.52. The van der Waals surface area contributed by atoms with Gasteiger partial charge in [0.2, 0.25) is 0 Å². The molecular weight excluding hydrogens is 339 g/mol. The van der Waals surface area contributed by atoms with Gasteiger partial charge in [-0.25, -0.2) is 12.8 Å². The summed E-state index contributed by atoms with van der Waals surface area (Å²) in [5.74, 6) is -1.29. The Labute approximate surface area is 129 Å². The van der Waals surface area contributed by atoms with E-state index in [1.165, 1.54) is 0 Å². The van der Waals surface area contributed by atoms with Crippen LogP contribution in [0.2, 0.25) is 5.02 Å². The highest BCUT2D eigenvalue weighted by Crippen LogP contribution is 2.30.